The number of methoxy groups -OCH3 is 1. The first-order chi connectivity index (χ1) is 12.5. The minimum absolute atomic E-state index is 0.0455. The van der Waals surface area contributed by atoms with Crippen molar-refractivity contribution >= 4 is 17.8 Å². The maximum Gasteiger partial charge on any atom is 0.337 e. The summed E-state index contributed by atoms with van der Waals surface area (Å²) in [5.41, 5.74) is 3.07. The minimum atomic E-state index is -0.419. The van der Waals surface area contributed by atoms with Gasteiger partial charge in [0.15, 0.2) is 0 Å². The zero-order valence-electron chi connectivity index (χ0n) is 15.2. The fraction of sp³-hybridized carbons (Fsp3) is 0.368. The number of hydrogen-bond acceptors (Lipinski definition) is 6. The molecular formula is C19H22N4O3. The first-order valence-electron chi connectivity index (χ1n) is 8.49. The first kappa shape index (κ1) is 17.8. The van der Waals surface area contributed by atoms with Crippen LogP contribution in [-0.2, 0) is 17.6 Å². The van der Waals surface area contributed by atoms with E-state index in [0.29, 0.717) is 17.1 Å². The lowest BCUT2D eigenvalue weighted by Crippen LogP contribution is -2.39. The van der Waals surface area contributed by atoms with Gasteiger partial charge in [0.2, 0.25) is 5.95 Å². The summed E-state index contributed by atoms with van der Waals surface area (Å²) in [6.07, 6.45) is 4.21. The number of nitrogens with one attached hydrogen (secondary N) is 1. The molecule has 1 aromatic carbocycles. The van der Waals surface area contributed by atoms with E-state index in [4.69, 9.17) is 0 Å². The molecule has 1 N–H and O–H groups in total. The molecule has 1 aliphatic rings. The molecule has 136 valence electrons. The predicted octanol–water partition coefficient (Wildman–Crippen LogP) is 1.62. The van der Waals surface area contributed by atoms with E-state index in [-0.39, 0.29) is 11.9 Å². The molecular weight excluding hydrogens is 332 g/mol. The average molecular weight is 354 g/mol. The maximum absolute atomic E-state index is 12.5. The number of hydrogen-bond donors (Lipinski definition) is 1. The lowest BCUT2D eigenvalue weighted by molar-refractivity contribution is 0.0600. The fourth-order valence-electron chi connectivity index (χ4n) is 2.98. The van der Waals surface area contributed by atoms with Crippen LogP contribution in [0, 0.1) is 0 Å². The zero-order valence-corrected chi connectivity index (χ0v) is 15.2. The van der Waals surface area contributed by atoms with Crippen LogP contribution < -0.4 is 10.2 Å². The predicted molar refractivity (Wildman–Crippen MR) is 97.4 cm³/mol. The number of benzene rings is 1. The monoisotopic (exact) mass is 354 g/mol. The number of nitrogens with zero attached hydrogens (tertiary/aromatic N) is 3. The first-order valence-corrected chi connectivity index (χ1v) is 8.49. The highest BCUT2D eigenvalue weighted by atomic mass is 16.5. The Morgan fingerprint density at radius 1 is 1.19 bits per heavy atom. The standard InChI is InChI=1S/C19H22N4O3/c1-23(2)19-20-11-14-10-15(8-9-16(14)22-19)21-17(24)12-4-6-13(7-5-12)18(25)26-3/h4-7,11,15H,8-10H2,1-3H3,(H,21,24)/t15-/m0/s1. The highest BCUT2D eigenvalue weighted by Gasteiger charge is 2.22. The van der Waals surface area contributed by atoms with E-state index in [9.17, 15) is 9.59 Å². The van der Waals surface area contributed by atoms with Crippen molar-refractivity contribution in [3.8, 4) is 0 Å². The quantitative estimate of drug-likeness (QED) is 0.840. The summed E-state index contributed by atoms with van der Waals surface area (Å²) >= 11 is 0. The second kappa shape index (κ2) is 7.51. The molecule has 7 heteroatoms. The summed E-state index contributed by atoms with van der Waals surface area (Å²) in [7, 11) is 5.16. The van der Waals surface area contributed by atoms with Gasteiger partial charge in [-0.1, -0.05) is 0 Å². The third kappa shape index (κ3) is 3.82. The van der Waals surface area contributed by atoms with Crippen molar-refractivity contribution in [2.45, 2.75) is 25.3 Å². The number of aryl methyl sites for hydroxylation is 1. The Balaban J connectivity index is 1.64. The smallest absolute Gasteiger partial charge is 0.337 e. The topological polar surface area (TPSA) is 84.4 Å². The number of rotatable bonds is 4. The van der Waals surface area contributed by atoms with Gasteiger partial charge in [-0.25, -0.2) is 14.8 Å². The SMILES string of the molecule is COC(=O)c1ccc(C(=O)N[C@H]2CCc3nc(N(C)C)ncc3C2)cc1. The van der Waals surface area contributed by atoms with Crippen molar-refractivity contribution in [1.82, 2.24) is 15.3 Å². The van der Waals surface area contributed by atoms with Crippen LogP contribution in [0.5, 0.6) is 0 Å². The summed E-state index contributed by atoms with van der Waals surface area (Å²) in [6, 6.07) is 6.49. The minimum Gasteiger partial charge on any atom is -0.465 e. The molecule has 26 heavy (non-hydrogen) atoms. The highest BCUT2D eigenvalue weighted by molar-refractivity contribution is 5.96. The molecule has 0 fully saturated rings. The lowest BCUT2D eigenvalue weighted by Gasteiger charge is -2.25. The van der Waals surface area contributed by atoms with E-state index in [1.54, 1.807) is 24.3 Å². The van der Waals surface area contributed by atoms with E-state index in [1.807, 2.05) is 25.2 Å². The Morgan fingerprint density at radius 2 is 1.88 bits per heavy atom. The van der Waals surface area contributed by atoms with E-state index >= 15 is 0 Å². The van der Waals surface area contributed by atoms with Crippen molar-refractivity contribution in [3.63, 3.8) is 0 Å². The van der Waals surface area contributed by atoms with E-state index in [2.05, 4.69) is 20.0 Å². The van der Waals surface area contributed by atoms with Gasteiger partial charge in [0.25, 0.3) is 5.91 Å². The second-order valence-corrected chi connectivity index (χ2v) is 6.52. The number of aromatic nitrogens is 2. The molecule has 1 aliphatic carbocycles. The zero-order chi connectivity index (χ0) is 18.7. The summed E-state index contributed by atoms with van der Waals surface area (Å²) < 4.78 is 4.66. The Labute approximate surface area is 152 Å². The molecule has 0 spiro atoms. The van der Waals surface area contributed by atoms with Crippen LogP contribution in [0.1, 0.15) is 38.4 Å². The summed E-state index contributed by atoms with van der Waals surface area (Å²) in [4.78, 5) is 34.7. The van der Waals surface area contributed by atoms with Crippen molar-refractivity contribution in [2.24, 2.45) is 0 Å². The Kier molecular flexibility index (Phi) is 5.16. The lowest BCUT2D eigenvalue weighted by atomic mass is 9.92. The van der Waals surface area contributed by atoms with Crippen molar-refractivity contribution < 1.29 is 14.3 Å². The van der Waals surface area contributed by atoms with Crippen molar-refractivity contribution in [1.29, 1.82) is 0 Å². The van der Waals surface area contributed by atoms with Crippen LogP contribution in [0.25, 0.3) is 0 Å². The van der Waals surface area contributed by atoms with Crippen LogP contribution in [0.15, 0.2) is 30.5 Å². The number of anilines is 1. The van der Waals surface area contributed by atoms with E-state index < -0.39 is 5.97 Å². The third-order valence-electron chi connectivity index (χ3n) is 4.44. The van der Waals surface area contributed by atoms with Gasteiger partial charge in [0.05, 0.1) is 12.7 Å². The highest BCUT2D eigenvalue weighted by Crippen LogP contribution is 2.21. The van der Waals surface area contributed by atoms with Crippen LogP contribution in [-0.4, -0.2) is 49.1 Å². The van der Waals surface area contributed by atoms with Gasteiger partial charge >= 0.3 is 5.97 Å². The van der Waals surface area contributed by atoms with Crippen LogP contribution in [0.2, 0.25) is 0 Å². The third-order valence-corrected chi connectivity index (χ3v) is 4.44. The van der Waals surface area contributed by atoms with Gasteiger partial charge in [-0.05, 0) is 49.1 Å². The molecule has 1 aromatic heterocycles. The number of fused-ring (bicyclic) bond motifs is 1. The van der Waals surface area contributed by atoms with Gasteiger partial charge in [0.1, 0.15) is 0 Å². The summed E-state index contributed by atoms with van der Waals surface area (Å²) in [5, 5.41) is 3.06. The number of amides is 1. The number of esters is 1. The van der Waals surface area contributed by atoms with Gasteiger partial charge in [0, 0.05) is 37.6 Å². The molecule has 0 bridgehead atoms. The average Bonchev–Trinajstić information content (AvgIpc) is 2.66. The molecule has 0 radical (unpaired) electrons. The Hall–Kier alpha value is -2.96. The van der Waals surface area contributed by atoms with Gasteiger partial charge < -0.3 is 15.0 Å². The summed E-state index contributed by atoms with van der Waals surface area (Å²) in [5.74, 6) is 0.135. The second-order valence-electron chi connectivity index (χ2n) is 6.52. The molecule has 1 atom stereocenters. The van der Waals surface area contributed by atoms with Gasteiger partial charge in [-0.2, -0.15) is 0 Å². The number of ether oxygens (including phenoxy) is 1. The van der Waals surface area contributed by atoms with E-state index in [0.717, 1.165) is 30.5 Å². The summed E-state index contributed by atoms with van der Waals surface area (Å²) in [6.45, 7) is 0. The number of carbonyl (C=O) groups excluding carboxylic acids is 2. The Bertz CT molecular complexity index is 818. The largest absolute Gasteiger partial charge is 0.465 e. The van der Waals surface area contributed by atoms with Gasteiger partial charge in [-0.3, -0.25) is 4.79 Å². The van der Waals surface area contributed by atoms with Crippen LogP contribution in [0.4, 0.5) is 5.95 Å². The molecule has 2 aromatic rings. The molecule has 0 saturated heterocycles. The Morgan fingerprint density at radius 3 is 2.54 bits per heavy atom. The molecule has 0 aliphatic heterocycles. The van der Waals surface area contributed by atoms with Crippen LogP contribution >= 0.6 is 0 Å². The molecule has 1 amide bonds. The van der Waals surface area contributed by atoms with Crippen LogP contribution in [0.3, 0.4) is 0 Å². The number of carbonyl (C=O) groups is 2. The van der Waals surface area contributed by atoms with Gasteiger partial charge in [-0.15, -0.1) is 0 Å². The molecule has 1 heterocycles. The normalized spacial score (nSPS) is 15.7. The molecule has 7 nitrogen and oxygen atoms in total. The molecule has 3 rings (SSSR count). The van der Waals surface area contributed by atoms with E-state index in [1.165, 1.54) is 7.11 Å². The van der Waals surface area contributed by atoms with Crippen molar-refractivity contribution in [2.75, 3.05) is 26.1 Å². The van der Waals surface area contributed by atoms with Crippen molar-refractivity contribution in [3.05, 3.63) is 52.8 Å². The maximum atomic E-state index is 12.5. The molecule has 0 saturated carbocycles. The molecule has 0 unspecified atom stereocenters. The fourth-order valence-corrected chi connectivity index (χ4v) is 2.98.